The minimum Gasteiger partial charge on any atom is -0.501 e. The van der Waals surface area contributed by atoms with Crippen LogP contribution in [0.15, 0.2) is 11.3 Å². The normalized spacial score (nSPS) is 12.1. The van der Waals surface area contributed by atoms with Crippen LogP contribution in [0.5, 0.6) is 0 Å². The van der Waals surface area contributed by atoms with Crippen molar-refractivity contribution in [3.05, 3.63) is 11.3 Å². The minimum absolute atomic E-state index is 0.172. The van der Waals surface area contributed by atoms with E-state index in [1.165, 1.54) is 7.11 Å². The second-order valence-electron chi connectivity index (χ2n) is 3.12. The van der Waals surface area contributed by atoms with Crippen molar-refractivity contribution in [3.63, 3.8) is 0 Å². The highest BCUT2D eigenvalue weighted by molar-refractivity contribution is 5.93. The van der Waals surface area contributed by atoms with E-state index in [9.17, 15) is 4.79 Å². The van der Waals surface area contributed by atoms with Gasteiger partial charge in [-0.15, -0.1) is 0 Å². The Bertz CT molecular complexity index is 223. The average Bonchev–Trinajstić information content (AvgIpc) is 2.18. The van der Waals surface area contributed by atoms with E-state index in [0.29, 0.717) is 17.9 Å². The molecule has 82 valence electrons. The molecule has 0 aromatic rings. The molecule has 0 atom stereocenters. The summed E-state index contributed by atoms with van der Waals surface area (Å²) in [6, 6.07) is 0. The maximum Gasteiger partial charge on any atom is 0.255 e. The highest BCUT2D eigenvalue weighted by Crippen LogP contribution is 2.07. The average molecular weight is 201 g/mol. The van der Waals surface area contributed by atoms with Crippen LogP contribution >= 0.6 is 0 Å². The highest BCUT2D eigenvalue weighted by Gasteiger charge is 2.16. The molecule has 0 aliphatic carbocycles. The number of aliphatic hydroxyl groups is 1. The first-order valence-electron chi connectivity index (χ1n) is 4.68. The van der Waals surface area contributed by atoms with Gasteiger partial charge in [0.15, 0.2) is 0 Å². The number of allylic oxidation sites excluding steroid dienone is 1. The summed E-state index contributed by atoms with van der Waals surface area (Å²) in [6.45, 7) is 4.06. The van der Waals surface area contributed by atoms with Crippen molar-refractivity contribution in [2.24, 2.45) is 0 Å². The predicted octanol–water partition coefficient (Wildman–Crippen LogP) is 0.767. The number of nitrogens with zero attached hydrogens (tertiary/aromatic N) is 1. The molecule has 0 radical (unpaired) electrons. The van der Waals surface area contributed by atoms with E-state index in [2.05, 4.69) is 0 Å². The molecule has 0 heterocycles. The number of amides is 1. The summed E-state index contributed by atoms with van der Waals surface area (Å²) < 4.78 is 4.92. The molecular weight excluding hydrogens is 182 g/mol. The van der Waals surface area contributed by atoms with Crippen LogP contribution in [0.4, 0.5) is 0 Å². The Labute approximate surface area is 85.2 Å². The number of aliphatic hydroxyl groups excluding tert-OH is 1. The first-order chi connectivity index (χ1) is 6.58. The molecule has 14 heavy (non-hydrogen) atoms. The number of ether oxygens (including phenoxy) is 1. The van der Waals surface area contributed by atoms with Crippen LogP contribution in [-0.2, 0) is 9.53 Å². The van der Waals surface area contributed by atoms with Crippen molar-refractivity contribution >= 4 is 5.91 Å². The summed E-state index contributed by atoms with van der Waals surface area (Å²) in [6.07, 6.45) is 0.896. The number of carbonyl (C=O) groups excluding carboxylic acids is 1. The Morgan fingerprint density at radius 3 is 2.43 bits per heavy atom. The van der Waals surface area contributed by atoms with Gasteiger partial charge in [0.2, 0.25) is 0 Å². The lowest BCUT2D eigenvalue weighted by molar-refractivity contribution is -0.126. The van der Waals surface area contributed by atoms with E-state index in [-0.39, 0.29) is 12.5 Å². The van der Waals surface area contributed by atoms with Crippen molar-refractivity contribution in [1.29, 1.82) is 0 Å². The van der Waals surface area contributed by atoms with Gasteiger partial charge in [-0.3, -0.25) is 4.79 Å². The smallest absolute Gasteiger partial charge is 0.255 e. The van der Waals surface area contributed by atoms with E-state index < -0.39 is 0 Å². The zero-order valence-electron chi connectivity index (χ0n) is 9.33. The summed E-state index contributed by atoms with van der Waals surface area (Å²) in [5, 5.41) is 9.03. The van der Waals surface area contributed by atoms with E-state index in [1.54, 1.807) is 18.9 Å². The summed E-state index contributed by atoms with van der Waals surface area (Å²) in [5.74, 6) is 0.300. The molecular formula is C10H19NO3. The standard InChI is InChI=1S/C10H19NO3/c1-5-6-11(3)10(13)9(7-12)8(2)14-4/h12H,5-7H2,1-4H3/b9-8+. The molecule has 4 nitrogen and oxygen atoms in total. The van der Waals surface area contributed by atoms with Gasteiger partial charge in [0.1, 0.15) is 5.76 Å². The first kappa shape index (κ1) is 13.0. The fourth-order valence-corrected chi connectivity index (χ4v) is 1.12. The molecule has 0 aliphatic rings. The minimum atomic E-state index is -0.285. The van der Waals surface area contributed by atoms with E-state index in [4.69, 9.17) is 9.84 Å². The summed E-state index contributed by atoms with van der Waals surface area (Å²) in [5.41, 5.74) is 0.323. The lowest BCUT2D eigenvalue weighted by atomic mass is 10.2. The van der Waals surface area contributed by atoms with Gasteiger partial charge in [0.25, 0.3) is 5.91 Å². The third kappa shape index (κ3) is 3.38. The number of likely N-dealkylation sites (N-methyl/N-ethyl adjacent to an activating group) is 1. The molecule has 0 spiro atoms. The van der Waals surface area contributed by atoms with Gasteiger partial charge in [-0.25, -0.2) is 0 Å². The fourth-order valence-electron chi connectivity index (χ4n) is 1.12. The Balaban J connectivity index is 4.62. The van der Waals surface area contributed by atoms with Crippen LogP contribution in [0, 0.1) is 0 Å². The third-order valence-electron chi connectivity index (χ3n) is 2.05. The third-order valence-corrected chi connectivity index (χ3v) is 2.05. The SMILES string of the molecule is CCCN(C)C(=O)/C(CO)=C(\C)OC. The number of rotatable bonds is 5. The van der Waals surface area contributed by atoms with E-state index in [0.717, 1.165) is 6.42 Å². The molecule has 0 bridgehead atoms. The Morgan fingerprint density at radius 2 is 2.07 bits per heavy atom. The largest absolute Gasteiger partial charge is 0.501 e. The van der Waals surface area contributed by atoms with Gasteiger partial charge in [0, 0.05) is 13.6 Å². The number of hydrogen-bond acceptors (Lipinski definition) is 3. The number of hydrogen-bond donors (Lipinski definition) is 1. The Kier molecular flexibility index (Phi) is 5.95. The van der Waals surface area contributed by atoms with Crippen LogP contribution in [0.2, 0.25) is 0 Å². The first-order valence-corrected chi connectivity index (χ1v) is 4.68. The van der Waals surface area contributed by atoms with Gasteiger partial charge in [-0.1, -0.05) is 6.92 Å². The van der Waals surface area contributed by atoms with Gasteiger partial charge < -0.3 is 14.7 Å². The molecule has 0 aromatic heterocycles. The molecule has 0 unspecified atom stereocenters. The fraction of sp³-hybridized carbons (Fsp3) is 0.700. The van der Waals surface area contributed by atoms with Crippen LogP contribution in [0.25, 0.3) is 0 Å². The maximum atomic E-state index is 11.7. The highest BCUT2D eigenvalue weighted by atomic mass is 16.5. The zero-order valence-corrected chi connectivity index (χ0v) is 9.33. The van der Waals surface area contributed by atoms with Crippen LogP contribution < -0.4 is 0 Å². The van der Waals surface area contributed by atoms with Crippen molar-refractivity contribution in [2.75, 3.05) is 27.3 Å². The van der Waals surface area contributed by atoms with Gasteiger partial charge in [-0.05, 0) is 13.3 Å². The van der Waals surface area contributed by atoms with E-state index >= 15 is 0 Å². The number of carbonyl (C=O) groups is 1. The summed E-state index contributed by atoms with van der Waals surface area (Å²) >= 11 is 0. The second-order valence-corrected chi connectivity index (χ2v) is 3.12. The predicted molar refractivity (Wildman–Crippen MR) is 54.7 cm³/mol. The van der Waals surface area contributed by atoms with Crippen molar-refractivity contribution in [1.82, 2.24) is 4.90 Å². The lowest BCUT2D eigenvalue weighted by Gasteiger charge is -2.18. The lowest BCUT2D eigenvalue weighted by Crippen LogP contribution is -2.30. The van der Waals surface area contributed by atoms with Crippen LogP contribution in [-0.4, -0.2) is 43.2 Å². The molecule has 1 N–H and O–H groups in total. The zero-order chi connectivity index (χ0) is 11.1. The van der Waals surface area contributed by atoms with Gasteiger partial charge in [0.05, 0.1) is 19.3 Å². The Morgan fingerprint density at radius 1 is 1.50 bits per heavy atom. The summed E-state index contributed by atoms with van der Waals surface area (Å²) in [7, 11) is 3.20. The molecule has 1 amide bonds. The van der Waals surface area contributed by atoms with Crippen molar-refractivity contribution in [2.45, 2.75) is 20.3 Å². The monoisotopic (exact) mass is 201 g/mol. The van der Waals surface area contributed by atoms with Crippen molar-refractivity contribution in [3.8, 4) is 0 Å². The Hall–Kier alpha value is -1.03. The molecule has 0 saturated carbocycles. The van der Waals surface area contributed by atoms with Gasteiger partial charge in [-0.2, -0.15) is 0 Å². The second kappa shape index (κ2) is 6.43. The molecule has 0 aliphatic heterocycles. The maximum absolute atomic E-state index is 11.7. The van der Waals surface area contributed by atoms with Crippen molar-refractivity contribution < 1.29 is 14.6 Å². The topological polar surface area (TPSA) is 49.8 Å². The molecule has 0 saturated heterocycles. The molecule has 0 rings (SSSR count). The molecule has 4 heteroatoms. The molecule has 0 fully saturated rings. The van der Waals surface area contributed by atoms with E-state index in [1.807, 2.05) is 6.92 Å². The van der Waals surface area contributed by atoms with Crippen LogP contribution in [0.1, 0.15) is 20.3 Å². The quantitative estimate of drug-likeness (QED) is 0.528. The van der Waals surface area contributed by atoms with Crippen LogP contribution in [0.3, 0.4) is 0 Å². The molecule has 0 aromatic carbocycles. The summed E-state index contributed by atoms with van der Waals surface area (Å²) in [4.78, 5) is 13.3. The van der Waals surface area contributed by atoms with Gasteiger partial charge >= 0.3 is 0 Å². The number of methoxy groups -OCH3 is 1.